The van der Waals surface area contributed by atoms with Crippen molar-refractivity contribution >= 4 is 5.97 Å². The number of hydrogen-bond acceptors (Lipinski definition) is 2. The molecule has 3 nitrogen and oxygen atoms in total. The molecule has 1 unspecified atom stereocenters. The number of carboxylic acids is 1. The molecule has 1 aliphatic carbocycles. The smallest absolute Gasteiger partial charge is 0.321 e. The van der Waals surface area contributed by atoms with Crippen LogP contribution >= 0.6 is 0 Å². The highest BCUT2D eigenvalue weighted by atomic mass is 16.4. The van der Waals surface area contributed by atoms with Crippen molar-refractivity contribution in [3.8, 4) is 0 Å². The summed E-state index contributed by atoms with van der Waals surface area (Å²) in [7, 11) is 0. The van der Waals surface area contributed by atoms with E-state index in [1.807, 2.05) is 0 Å². The maximum Gasteiger partial charge on any atom is 0.321 e. The maximum atomic E-state index is 11.3. The SMILES string of the molecule is CC1(C)CCCN(CC2CC2)C1C(=O)O. The largest absolute Gasteiger partial charge is 0.480 e. The Morgan fingerprint density at radius 1 is 1.47 bits per heavy atom. The second kappa shape index (κ2) is 3.78. The van der Waals surface area contributed by atoms with Crippen LogP contribution in [0.15, 0.2) is 0 Å². The molecule has 1 atom stereocenters. The fraction of sp³-hybridized carbons (Fsp3) is 0.917. The van der Waals surface area contributed by atoms with Gasteiger partial charge in [0.1, 0.15) is 6.04 Å². The minimum Gasteiger partial charge on any atom is -0.480 e. The van der Waals surface area contributed by atoms with E-state index in [1.165, 1.54) is 12.8 Å². The van der Waals surface area contributed by atoms with E-state index in [0.29, 0.717) is 0 Å². The van der Waals surface area contributed by atoms with Crippen molar-refractivity contribution in [1.29, 1.82) is 0 Å². The topological polar surface area (TPSA) is 40.5 Å². The number of piperidine rings is 1. The highest BCUT2D eigenvalue weighted by Crippen LogP contribution is 2.38. The van der Waals surface area contributed by atoms with Gasteiger partial charge in [-0.3, -0.25) is 9.69 Å². The van der Waals surface area contributed by atoms with Gasteiger partial charge in [0.25, 0.3) is 0 Å². The van der Waals surface area contributed by atoms with E-state index in [1.54, 1.807) is 0 Å². The fourth-order valence-corrected chi connectivity index (χ4v) is 2.82. The quantitative estimate of drug-likeness (QED) is 0.776. The average molecular weight is 211 g/mol. The molecule has 1 saturated carbocycles. The number of hydrogen-bond donors (Lipinski definition) is 1. The summed E-state index contributed by atoms with van der Waals surface area (Å²) in [6.45, 7) is 6.15. The number of aliphatic carboxylic acids is 1. The Morgan fingerprint density at radius 2 is 2.13 bits per heavy atom. The maximum absolute atomic E-state index is 11.3. The van der Waals surface area contributed by atoms with Crippen molar-refractivity contribution in [2.24, 2.45) is 11.3 Å². The van der Waals surface area contributed by atoms with Crippen LogP contribution in [0.5, 0.6) is 0 Å². The van der Waals surface area contributed by atoms with Crippen LogP contribution in [-0.2, 0) is 4.79 Å². The summed E-state index contributed by atoms with van der Waals surface area (Å²) < 4.78 is 0. The zero-order valence-corrected chi connectivity index (χ0v) is 9.70. The van der Waals surface area contributed by atoms with Gasteiger partial charge in [0.15, 0.2) is 0 Å². The molecule has 15 heavy (non-hydrogen) atoms. The van der Waals surface area contributed by atoms with E-state index in [2.05, 4.69) is 18.7 Å². The van der Waals surface area contributed by atoms with Crippen LogP contribution in [0.4, 0.5) is 0 Å². The molecule has 0 aromatic heterocycles. The lowest BCUT2D eigenvalue weighted by molar-refractivity contribution is -0.150. The first kappa shape index (κ1) is 10.9. The average Bonchev–Trinajstić information content (AvgIpc) is 2.85. The molecular formula is C12H21NO2. The van der Waals surface area contributed by atoms with Gasteiger partial charge in [-0.25, -0.2) is 0 Å². The highest BCUT2D eigenvalue weighted by molar-refractivity contribution is 5.74. The van der Waals surface area contributed by atoms with E-state index in [9.17, 15) is 9.90 Å². The summed E-state index contributed by atoms with van der Waals surface area (Å²) in [5.74, 6) is 0.140. The molecule has 1 saturated heterocycles. The van der Waals surface area contributed by atoms with Crippen LogP contribution in [0.3, 0.4) is 0 Å². The van der Waals surface area contributed by atoms with Crippen molar-refractivity contribution in [2.45, 2.75) is 45.6 Å². The van der Waals surface area contributed by atoms with Gasteiger partial charge >= 0.3 is 5.97 Å². The second-order valence-corrected chi connectivity index (χ2v) is 5.77. The molecular weight excluding hydrogens is 190 g/mol. The summed E-state index contributed by atoms with van der Waals surface area (Å²) in [6.07, 6.45) is 4.77. The van der Waals surface area contributed by atoms with Crippen LogP contribution in [0.25, 0.3) is 0 Å². The number of rotatable bonds is 3. The third-order valence-electron chi connectivity index (χ3n) is 3.80. The van der Waals surface area contributed by atoms with Gasteiger partial charge in [0.2, 0.25) is 0 Å². The zero-order chi connectivity index (χ0) is 11.1. The van der Waals surface area contributed by atoms with Gasteiger partial charge in [-0.05, 0) is 43.6 Å². The fourth-order valence-electron chi connectivity index (χ4n) is 2.82. The molecule has 0 amide bonds. The van der Waals surface area contributed by atoms with Crippen molar-refractivity contribution in [2.75, 3.05) is 13.1 Å². The van der Waals surface area contributed by atoms with Gasteiger partial charge in [-0.15, -0.1) is 0 Å². The molecule has 0 spiro atoms. The van der Waals surface area contributed by atoms with E-state index in [0.717, 1.165) is 31.8 Å². The molecule has 1 heterocycles. The Balaban J connectivity index is 2.08. The number of likely N-dealkylation sites (tertiary alicyclic amines) is 1. The highest BCUT2D eigenvalue weighted by Gasteiger charge is 2.43. The first-order chi connectivity index (χ1) is 7.00. The van der Waals surface area contributed by atoms with Gasteiger partial charge in [-0.2, -0.15) is 0 Å². The van der Waals surface area contributed by atoms with Crippen LogP contribution in [0.2, 0.25) is 0 Å². The van der Waals surface area contributed by atoms with Crippen molar-refractivity contribution in [1.82, 2.24) is 4.90 Å². The summed E-state index contributed by atoms with van der Waals surface area (Å²) >= 11 is 0. The molecule has 2 rings (SSSR count). The monoisotopic (exact) mass is 211 g/mol. The van der Waals surface area contributed by atoms with Crippen LogP contribution in [0.1, 0.15) is 39.5 Å². The Bertz CT molecular complexity index is 258. The minimum absolute atomic E-state index is 0.0705. The summed E-state index contributed by atoms with van der Waals surface area (Å²) in [4.78, 5) is 13.5. The lowest BCUT2D eigenvalue weighted by atomic mass is 9.76. The van der Waals surface area contributed by atoms with E-state index in [-0.39, 0.29) is 11.5 Å². The third kappa shape index (κ3) is 2.33. The van der Waals surface area contributed by atoms with Gasteiger partial charge < -0.3 is 5.11 Å². The molecule has 1 N–H and O–H groups in total. The normalized spacial score (nSPS) is 31.5. The Labute approximate surface area is 91.5 Å². The van der Waals surface area contributed by atoms with Gasteiger partial charge in [-0.1, -0.05) is 13.8 Å². The summed E-state index contributed by atoms with van der Waals surface area (Å²) in [5, 5.41) is 9.34. The van der Waals surface area contributed by atoms with Crippen molar-refractivity contribution < 1.29 is 9.90 Å². The van der Waals surface area contributed by atoms with Crippen molar-refractivity contribution in [3.63, 3.8) is 0 Å². The molecule has 0 aromatic carbocycles. The van der Waals surface area contributed by atoms with Gasteiger partial charge in [0.05, 0.1) is 0 Å². The zero-order valence-electron chi connectivity index (χ0n) is 9.70. The molecule has 2 aliphatic rings. The lowest BCUT2D eigenvalue weighted by Gasteiger charge is -2.44. The molecule has 2 fully saturated rings. The minimum atomic E-state index is -0.639. The molecule has 0 radical (unpaired) electrons. The Morgan fingerprint density at radius 3 is 2.67 bits per heavy atom. The van der Waals surface area contributed by atoms with Crippen molar-refractivity contribution in [3.05, 3.63) is 0 Å². The van der Waals surface area contributed by atoms with Crippen LogP contribution in [-0.4, -0.2) is 35.1 Å². The first-order valence-corrected chi connectivity index (χ1v) is 5.97. The number of carboxylic acid groups (broad SMARTS) is 1. The predicted octanol–water partition coefficient (Wildman–Crippen LogP) is 1.97. The third-order valence-corrected chi connectivity index (χ3v) is 3.80. The summed E-state index contributed by atoms with van der Waals surface area (Å²) in [6, 6.07) is -0.271. The van der Waals surface area contributed by atoms with E-state index in [4.69, 9.17) is 0 Å². The van der Waals surface area contributed by atoms with E-state index < -0.39 is 5.97 Å². The molecule has 0 bridgehead atoms. The molecule has 0 aromatic rings. The summed E-state index contributed by atoms with van der Waals surface area (Å²) in [5.41, 5.74) is -0.0705. The molecule has 3 heteroatoms. The van der Waals surface area contributed by atoms with Crippen LogP contribution in [0, 0.1) is 11.3 Å². The predicted molar refractivity (Wildman–Crippen MR) is 58.7 cm³/mol. The standard InChI is InChI=1S/C12H21NO2/c1-12(2)6-3-7-13(8-9-4-5-9)10(12)11(14)15/h9-10H,3-8H2,1-2H3,(H,14,15). The Kier molecular flexibility index (Phi) is 2.75. The van der Waals surface area contributed by atoms with Gasteiger partial charge in [0, 0.05) is 6.54 Å². The number of nitrogens with zero attached hydrogens (tertiary/aromatic N) is 1. The second-order valence-electron chi connectivity index (χ2n) is 5.77. The molecule has 86 valence electrons. The number of carbonyl (C=O) groups is 1. The lowest BCUT2D eigenvalue weighted by Crippen LogP contribution is -2.54. The van der Waals surface area contributed by atoms with Crippen LogP contribution < -0.4 is 0 Å². The molecule has 1 aliphatic heterocycles. The first-order valence-electron chi connectivity index (χ1n) is 5.97. The van der Waals surface area contributed by atoms with E-state index >= 15 is 0 Å². The Hall–Kier alpha value is -0.570.